The van der Waals surface area contributed by atoms with E-state index in [0.717, 1.165) is 16.8 Å². The molecule has 0 aliphatic carbocycles. The van der Waals surface area contributed by atoms with Crippen LogP contribution in [0.1, 0.15) is 5.82 Å². The smallest absolute Gasteiger partial charge is 0.224 e. The van der Waals surface area contributed by atoms with Gasteiger partial charge in [0.25, 0.3) is 0 Å². The Kier molecular flexibility index (Phi) is 2.99. The average Bonchev–Trinajstić information content (AvgIpc) is 2.97. The van der Waals surface area contributed by atoms with Crippen LogP contribution in [0.5, 0.6) is 0 Å². The van der Waals surface area contributed by atoms with Crippen LogP contribution >= 0.6 is 0 Å². The summed E-state index contributed by atoms with van der Waals surface area (Å²) in [5, 5.41) is 7.86. The lowest BCUT2D eigenvalue weighted by Gasteiger charge is -2.10. The molecule has 0 unspecified atom stereocenters. The van der Waals surface area contributed by atoms with Gasteiger partial charge in [-0.1, -0.05) is 17.3 Å². The molecule has 9 heteroatoms. The summed E-state index contributed by atoms with van der Waals surface area (Å²) in [4.78, 5) is 7.04. The van der Waals surface area contributed by atoms with E-state index in [4.69, 9.17) is 0 Å². The quantitative estimate of drug-likeness (QED) is 0.500. The van der Waals surface area contributed by atoms with Crippen molar-refractivity contribution in [3.8, 4) is 5.82 Å². The zero-order chi connectivity index (χ0) is 16.9. The highest BCUT2D eigenvalue weighted by Crippen LogP contribution is 2.30. The lowest BCUT2D eigenvalue weighted by Crippen LogP contribution is -2.14. The van der Waals surface area contributed by atoms with Crippen molar-refractivity contribution >= 4 is 21.9 Å². The molecule has 0 saturated heterocycles. The van der Waals surface area contributed by atoms with Gasteiger partial charge >= 0.3 is 6.18 Å². The van der Waals surface area contributed by atoms with Crippen LogP contribution in [0.15, 0.2) is 42.5 Å². The van der Waals surface area contributed by atoms with Gasteiger partial charge in [-0.15, -0.1) is 5.10 Å². The van der Waals surface area contributed by atoms with E-state index in [-0.39, 0.29) is 16.7 Å². The summed E-state index contributed by atoms with van der Waals surface area (Å²) in [5.41, 5.74) is 0.900. The van der Waals surface area contributed by atoms with Gasteiger partial charge in [-0.3, -0.25) is 0 Å². The molecule has 0 aliphatic rings. The first-order valence-corrected chi connectivity index (χ1v) is 6.79. The number of hydrogen-bond donors (Lipinski definition) is 0. The summed E-state index contributed by atoms with van der Waals surface area (Å²) in [6.45, 7) is 0. The summed E-state index contributed by atoms with van der Waals surface area (Å²) in [5.74, 6) is -2.12. The van der Waals surface area contributed by atoms with Gasteiger partial charge in [-0.05, 0) is 30.3 Å². The Labute approximate surface area is 131 Å². The van der Waals surface area contributed by atoms with Gasteiger partial charge in [-0.25, -0.2) is 14.4 Å². The Bertz CT molecular complexity index is 1070. The van der Waals surface area contributed by atoms with Crippen LogP contribution in [-0.2, 0) is 6.18 Å². The molecule has 0 saturated carbocycles. The number of aromatic nitrogens is 5. The number of hydrogen-bond acceptors (Lipinski definition) is 4. The number of halogens is 4. The van der Waals surface area contributed by atoms with Crippen molar-refractivity contribution in [2.45, 2.75) is 6.18 Å². The molecule has 0 radical (unpaired) electrons. The topological polar surface area (TPSA) is 56.5 Å². The number of nitrogens with zero attached hydrogens (tertiary/aromatic N) is 5. The largest absolute Gasteiger partial charge is 0.451 e. The van der Waals surface area contributed by atoms with Gasteiger partial charge in [0.2, 0.25) is 5.82 Å². The first kappa shape index (κ1) is 14.5. The number of para-hydroxylation sites is 1. The summed E-state index contributed by atoms with van der Waals surface area (Å²) in [6.07, 6.45) is -4.74. The molecule has 0 amide bonds. The molecule has 2 aromatic heterocycles. The van der Waals surface area contributed by atoms with Crippen molar-refractivity contribution in [3.05, 3.63) is 54.1 Å². The minimum absolute atomic E-state index is 0.0340. The third-order valence-corrected chi connectivity index (χ3v) is 3.44. The standard InChI is InChI=1S/C15H7F4N5/c16-8-5-6-10-9(7-8)13(21-14(20-10)15(17,18)19)24-12-4-2-1-3-11(12)22-23-24/h1-7H. The summed E-state index contributed by atoms with van der Waals surface area (Å²) >= 11 is 0. The van der Waals surface area contributed by atoms with Crippen molar-refractivity contribution in [2.24, 2.45) is 0 Å². The van der Waals surface area contributed by atoms with Crippen molar-refractivity contribution in [3.63, 3.8) is 0 Å². The fraction of sp³-hybridized carbons (Fsp3) is 0.0667. The second-order valence-corrected chi connectivity index (χ2v) is 5.02. The van der Waals surface area contributed by atoms with E-state index in [1.807, 2.05) is 0 Å². The van der Waals surface area contributed by atoms with E-state index in [1.165, 1.54) is 6.07 Å². The summed E-state index contributed by atoms with van der Waals surface area (Å²) in [6, 6.07) is 9.99. The zero-order valence-corrected chi connectivity index (χ0v) is 11.8. The van der Waals surface area contributed by atoms with Gasteiger partial charge in [0.05, 0.1) is 11.0 Å². The molecule has 0 spiro atoms. The Hall–Kier alpha value is -3.10. The molecule has 4 aromatic rings. The normalized spacial score (nSPS) is 12.2. The minimum atomic E-state index is -4.74. The number of benzene rings is 2. The molecular weight excluding hydrogens is 326 g/mol. The molecule has 5 nitrogen and oxygen atoms in total. The molecule has 0 bridgehead atoms. The highest BCUT2D eigenvalue weighted by atomic mass is 19.4. The molecule has 0 fully saturated rings. The molecule has 24 heavy (non-hydrogen) atoms. The Balaban J connectivity index is 2.11. The fourth-order valence-electron chi connectivity index (χ4n) is 2.40. The highest BCUT2D eigenvalue weighted by Gasteiger charge is 2.36. The maximum atomic E-state index is 13.6. The van der Waals surface area contributed by atoms with E-state index >= 15 is 0 Å². The number of rotatable bonds is 1. The van der Waals surface area contributed by atoms with Crippen molar-refractivity contribution in [1.29, 1.82) is 0 Å². The predicted octanol–water partition coefficient (Wildman–Crippen LogP) is 3.52. The van der Waals surface area contributed by atoms with E-state index in [1.54, 1.807) is 24.3 Å². The summed E-state index contributed by atoms with van der Waals surface area (Å²) in [7, 11) is 0. The molecule has 120 valence electrons. The van der Waals surface area contributed by atoms with E-state index in [9.17, 15) is 17.6 Å². The molecule has 2 aromatic carbocycles. The second kappa shape index (κ2) is 4.95. The monoisotopic (exact) mass is 333 g/mol. The minimum Gasteiger partial charge on any atom is -0.224 e. The molecule has 0 N–H and O–H groups in total. The van der Waals surface area contributed by atoms with Crippen LogP contribution in [-0.4, -0.2) is 25.0 Å². The first-order valence-electron chi connectivity index (χ1n) is 6.79. The lowest BCUT2D eigenvalue weighted by atomic mass is 10.2. The van der Waals surface area contributed by atoms with Crippen molar-refractivity contribution in [1.82, 2.24) is 25.0 Å². The van der Waals surface area contributed by atoms with Crippen LogP contribution in [0.3, 0.4) is 0 Å². The third-order valence-electron chi connectivity index (χ3n) is 3.44. The van der Waals surface area contributed by atoms with Gasteiger partial charge in [-0.2, -0.15) is 17.9 Å². The Morgan fingerprint density at radius 3 is 2.50 bits per heavy atom. The highest BCUT2D eigenvalue weighted by molar-refractivity contribution is 5.87. The van der Waals surface area contributed by atoms with E-state index < -0.39 is 17.8 Å². The predicted molar refractivity (Wildman–Crippen MR) is 76.9 cm³/mol. The zero-order valence-electron chi connectivity index (χ0n) is 11.8. The molecule has 0 atom stereocenters. The average molecular weight is 333 g/mol. The molecule has 0 aliphatic heterocycles. The Morgan fingerprint density at radius 1 is 0.917 bits per heavy atom. The SMILES string of the molecule is Fc1ccc2nc(C(F)(F)F)nc(-n3nnc4ccccc43)c2c1. The van der Waals surface area contributed by atoms with Crippen LogP contribution in [0.2, 0.25) is 0 Å². The third kappa shape index (κ3) is 2.25. The van der Waals surface area contributed by atoms with Crippen molar-refractivity contribution < 1.29 is 17.6 Å². The van der Waals surface area contributed by atoms with Gasteiger partial charge < -0.3 is 0 Å². The molecule has 2 heterocycles. The lowest BCUT2D eigenvalue weighted by molar-refractivity contribution is -0.144. The van der Waals surface area contributed by atoms with Crippen LogP contribution in [0.4, 0.5) is 17.6 Å². The van der Waals surface area contributed by atoms with Crippen molar-refractivity contribution in [2.75, 3.05) is 0 Å². The van der Waals surface area contributed by atoms with Crippen LogP contribution < -0.4 is 0 Å². The number of fused-ring (bicyclic) bond motifs is 2. The van der Waals surface area contributed by atoms with Gasteiger partial charge in [0.1, 0.15) is 11.3 Å². The maximum absolute atomic E-state index is 13.6. The van der Waals surface area contributed by atoms with Crippen LogP contribution in [0.25, 0.3) is 27.8 Å². The van der Waals surface area contributed by atoms with E-state index in [2.05, 4.69) is 20.3 Å². The van der Waals surface area contributed by atoms with Crippen LogP contribution in [0, 0.1) is 5.82 Å². The maximum Gasteiger partial charge on any atom is 0.451 e. The Morgan fingerprint density at radius 2 is 1.71 bits per heavy atom. The van der Waals surface area contributed by atoms with Gasteiger partial charge in [0, 0.05) is 5.39 Å². The fourth-order valence-corrected chi connectivity index (χ4v) is 2.40. The molecule has 4 rings (SSSR count). The molecular formula is C15H7F4N5. The van der Waals surface area contributed by atoms with Gasteiger partial charge in [0.15, 0.2) is 5.82 Å². The first-order chi connectivity index (χ1) is 11.4. The number of alkyl halides is 3. The van der Waals surface area contributed by atoms with E-state index in [0.29, 0.717) is 11.0 Å². The second-order valence-electron chi connectivity index (χ2n) is 5.02. The summed E-state index contributed by atoms with van der Waals surface area (Å²) < 4.78 is 54.0.